The van der Waals surface area contributed by atoms with Crippen molar-refractivity contribution in [2.24, 2.45) is 0 Å². The van der Waals surface area contributed by atoms with Crippen LogP contribution in [0.4, 0.5) is 0 Å². The summed E-state index contributed by atoms with van der Waals surface area (Å²) in [4.78, 5) is 31.1. The molecule has 0 aliphatic heterocycles. The number of rotatable bonds is 3. The molecule has 0 aromatic heterocycles. The molecular weight excluding hydrogens is 460 g/mol. The number of benzene rings is 3. The van der Waals surface area contributed by atoms with Gasteiger partial charge in [0, 0.05) is 14.4 Å². The maximum atomic E-state index is 10.4. The Bertz CT molecular complexity index is 903. The van der Waals surface area contributed by atoms with E-state index < -0.39 is 17.9 Å². The van der Waals surface area contributed by atoms with Crippen LogP contribution in [0.25, 0.3) is 0 Å². The van der Waals surface area contributed by atoms with Gasteiger partial charge in [-0.1, -0.05) is 36.4 Å². The van der Waals surface area contributed by atoms with Gasteiger partial charge < -0.3 is 30.6 Å². The van der Waals surface area contributed by atoms with Crippen molar-refractivity contribution in [1.29, 1.82) is 0 Å². The summed E-state index contributed by atoms with van der Waals surface area (Å²) in [5.41, 5.74) is 0.132. The van der Waals surface area contributed by atoms with Gasteiger partial charge >= 0.3 is 35.0 Å². The maximum absolute atomic E-state index is 10.4. The average Bonchev–Trinajstić information content (AvgIpc) is 2.69. The summed E-state index contributed by atoms with van der Waals surface area (Å²) in [6.07, 6.45) is 0. The van der Waals surface area contributed by atoms with Crippen LogP contribution in [-0.4, -0.2) is 48.5 Å². The Morgan fingerprint density at radius 3 is 0.806 bits per heavy atom. The summed E-state index contributed by atoms with van der Waals surface area (Å²) in [5, 5.41) is 46.8. The van der Waals surface area contributed by atoms with Crippen molar-refractivity contribution in [3.8, 4) is 17.2 Å². The summed E-state index contributed by atoms with van der Waals surface area (Å²) >= 11 is 0. The number of hydrogen-bond donors (Lipinski definition) is 3. The Hall–Kier alpha value is -4.01. The predicted octanol–water partition coefficient (Wildman–Crippen LogP) is 0.768. The quantitative estimate of drug-likeness (QED) is 0.367. The third-order valence-corrected chi connectivity index (χ3v) is 3.45. The molecule has 3 aromatic rings. The van der Waals surface area contributed by atoms with E-state index in [1.54, 1.807) is 36.4 Å². The molecule has 0 bridgehead atoms. The molecule has 0 unspecified atom stereocenters. The molecule has 10 heteroatoms. The van der Waals surface area contributed by atoms with Crippen molar-refractivity contribution >= 4 is 17.9 Å². The number of hydrogen-bond acceptors (Lipinski definition) is 6. The molecule has 3 rings (SSSR count). The van der Waals surface area contributed by atoms with E-state index >= 15 is 0 Å². The fourth-order valence-corrected chi connectivity index (χ4v) is 2.00. The maximum Gasteiger partial charge on any atom is 2.00 e. The summed E-state index contributed by atoms with van der Waals surface area (Å²) in [6.45, 7) is 0. The normalized spacial score (nSPS) is 8.90. The van der Waals surface area contributed by atoms with E-state index in [0.29, 0.717) is 0 Å². The van der Waals surface area contributed by atoms with Crippen LogP contribution in [0, 0.1) is 0 Å². The van der Waals surface area contributed by atoms with Gasteiger partial charge in [0.25, 0.3) is 0 Å². The zero-order valence-electron chi connectivity index (χ0n) is 15.8. The van der Waals surface area contributed by atoms with Gasteiger partial charge in [-0.25, -0.2) is 0 Å². The standard InChI is InChI=1S/3C7H6O3.Cu/c3*8-6-4-2-1-3-5(6)7(9)10;/h3*1-4,8H,(H,9,10);/q;;;+2/p+3. The predicted molar refractivity (Wildman–Crippen MR) is 108 cm³/mol. The van der Waals surface area contributed by atoms with Crippen molar-refractivity contribution in [2.45, 2.75) is 0 Å². The molecule has 0 fully saturated rings. The molecule has 0 heterocycles. The largest absolute Gasteiger partial charge is 2.00 e. The van der Waals surface area contributed by atoms with Crippen molar-refractivity contribution in [1.82, 2.24) is 0 Å². The second kappa shape index (κ2) is 13.3. The molecule has 31 heavy (non-hydrogen) atoms. The summed E-state index contributed by atoms with van der Waals surface area (Å²) in [6, 6.07) is 17.9. The molecule has 0 saturated carbocycles. The molecule has 0 amide bonds. The van der Waals surface area contributed by atoms with Gasteiger partial charge in [0.15, 0.2) is 16.7 Å². The van der Waals surface area contributed by atoms with Gasteiger partial charge in [-0.3, -0.25) is 0 Å². The van der Waals surface area contributed by atoms with E-state index in [4.69, 9.17) is 30.6 Å². The van der Waals surface area contributed by atoms with E-state index in [2.05, 4.69) is 0 Å². The van der Waals surface area contributed by atoms with E-state index in [1.807, 2.05) is 0 Å². The van der Waals surface area contributed by atoms with Gasteiger partial charge in [-0.2, -0.15) is 0 Å². The first kappa shape index (κ1) is 27.0. The fraction of sp³-hybridized carbons (Fsp3) is 0. The Morgan fingerprint density at radius 2 is 0.677 bits per heavy atom. The van der Waals surface area contributed by atoms with Crippen LogP contribution in [0.5, 0.6) is 17.2 Å². The van der Waals surface area contributed by atoms with Gasteiger partial charge in [-0.05, 0) is 36.4 Å². The van der Waals surface area contributed by atoms with Crippen LogP contribution < -0.4 is 0 Å². The number of aromatic hydroxyl groups is 3. The fourth-order valence-electron chi connectivity index (χ4n) is 2.00. The number of carbonyl (C=O) groups is 3. The Morgan fingerprint density at radius 1 is 0.484 bits per heavy atom. The summed E-state index contributed by atoms with van der Waals surface area (Å²) < 4.78 is 0. The second-order valence-corrected chi connectivity index (χ2v) is 5.54. The minimum Gasteiger partial charge on any atom is -0.561 e. The minimum atomic E-state index is -0.863. The molecule has 0 saturated heterocycles. The smallest absolute Gasteiger partial charge is 0.561 e. The zero-order chi connectivity index (χ0) is 22.7. The molecule has 1 radical (unpaired) electrons. The first-order valence-electron chi connectivity index (χ1n) is 8.27. The van der Waals surface area contributed by atoms with Crippen molar-refractivity contribution in [3.05, 3.63) is 89.5 Å². The van der Waals surface area contributed by atoms with E-state index in [0.717, 1.165) is 0 Å². The van der Waals surface area contributed by atoms with Crippen LogP contribution in [0.15, 0.2) is 72.8 Å². The zero-order valence-corrected chi connectivity index (χ0v) is 16.7. The second-order valence-electron chi connectivity index (χ2n) is 5.54. The summed E-state index contributed by atoms with van der Waals surface area (Å²) in [7, 11) is 0. The first-order valence-corrected chi connectivity index (χ1v) is 8.27. The average molecular weight is 481 g/mol. The molecule has 9 N–H and O–H groups in total. The number of phenolic OH excluding ortho intramolecular Hbond substituents is 3. The van der Waals surface area contributed by atoms with E-state index in [-0.39, 0.29) is 51.0 Å². The number of carbonyl (C=O) groups excluding carboxylic acids is 3. The van der Waals surface area contributed by atoms with E-state index in [9.17, 15) is 14.4 Å². The molecule has 0 aliphatic rings. The van der Waals surface area contributed by atoms with Gasteiger partial charge in [-0.15, -0.1) is 0 Å². The third kappa shape index (κ3) is 8.90. The Kier molecular flexibility index (Phi) is 11.5. The van der Waals surface area contributed by atoms with Gasteiger partial charge in [0.2, 0.25) is 0 Å². The Balaban J connectivity index is 0.000000429. The number of para-hydroxylation sites is 3. The minimum absolute atomic E-state index is 0. The van der Waals surface area contributed by atoms with Crippen LogP contribution >= 0.6 is 0 Å². The van der Waals surface area contributed by atoms with Crippen LogP contribution in [0.2, 0.25) is 0 Å². The molecule has 0 spiro atoms. The first-order chi connectivity index (χ1) is 14.1. The number of phenols is 3. The molecular formula is C21H21CuO9+5. The Labute approximate surface area is 186 Å². The van der Waals surface area contributed by atoms with Crippen molar-refractivity contribution in [2.75, 3.05) is 0 Å². The summed E-state index contributed by atoms with van der Waals surface area (Å²) in [5.74, 6) is -3.00. The molecule has 0 aliphatic carbocycles. The molecule has 0 atom stereocenters. The van der Waals surface area contributed by atoms with Crippen molar-refractivity contribution in [3.63, 3.8) is 0 Å². The van der Waals surface area contributed by atoms with E-state index in [1.165, 1.54) is 36.4 Å². The molecule has 165 valence electrons. The monoisotopic (exact) mass is 480 g/mol. The van der Waals surface area contributed by atoms with Gasteiger partial charge in [0.1, 0.15) is 17.2 Å². The van der Waals surface area contributed by atoms with Crippen LogP contribution in [0.1, 0.15) is 31.1 Å². The topological polar surface area (TPSA) is 181 Å². The van der Waals surface area contributed by atoms with Crippen LogP contribution in [0.3, 0.4) is 0 Å². The molecule has 9 nitrogen and oxygen atoms in total. The van der Waals surface area contributed by atoms with Crippen molar-refractivity contribution < 1.29 is 62.1 Å². The third-order valence-electron chi connectivity index (χ3n) is 3.45. The SMILES string of the molecule is O=C([OH2+])c1ccccc1O.O=C([OH2+])c1ccccc1O.O=C([OH2+])c1ccccc1O.[Cu+2]. The molecule has 3 aromatic carbocycles. The van der Waals surface area contributed by atoms with Crippen LogP contribution in [-0.2, 0) is 17.1 Å². The van der Waals surface area contributed by atoms with Gasteiger partial charge in [0.05, 0.1) is 0 Å².